The number of aromatic hydroxyl groups is 1. The molecule has 92 valence electrons. The molecule has 1 unspecified atom stereocenters. The summed E-state index contributed by atoms with van der Waals surface area (Å²) < 4.78 is 4.47. The smallest absolute Gasteiger partial charge is 0.328 e. The van der Waals surface area contributed by atoms with Gasteiger partial charge in [-0.3, -0.25) is 4.79 Å². The number of benzene rings is 1. The van der Waals surface area contributed by atoms with Crippen molar-refractivity contribution in [1.82, 2.24) is 5.32 Å². The van der Waals surface area contributed by atoms with E-state index in [0.29, 0.717) is 0 Å². The summed E-state index contributed by atoms with van der Waals surface area (Å²) in [6, 6.07) is 3.23. The zero-order valence-electron chi connectivity index (χ0n) is 9.56. The van der Waals surface area contributed by atoms with Crippen LogP contribution in [0.2, 0.25) is 0 Å². The van der Waals surface area contributed by atoms with Gasteiger partial charge in [-0.15, -0.1) is 0 Å². The minimum Gasteiger partial charge on any atom is -0.508 e. The number of esters is 1. The highest BCUT2D eigenvalue weighted by molar-refractivity contribution is 6.01. The van der Waals surface area contributed by atoms with E-state index in [9.17, 15) is 14.7 Å². The van der Waals surface area contributed by atoms with E-state index in [1.54, 1.807) is 0 Å². The molecule has 4 N–H and O–H groups in total. The number of phenols is 1. The lowest BCUT2D eigenvalue weighted by molar-refractivity contribution is -0.142. The van der Waals surface area contributed by atoms with E-state index in [1.807, 2.05) is 0 Å². The molecule has 0 aromatic heterocycles. The van der Waals surface area contributed by atoms with Crippen molar-refractivity contribution in [3.05, 3.63) is 23.8 Å². The molecule has 0 bridgehead atoms. The van der Waals surface area contributed by atoms with Crippen LogP contribution in [0.15, 0.2) is 18.2 Å². The maximum Gasteiger partial charge on any atom is 0.328 e. The average molecular weight is 238 g/mol. The van der Waals surface area contributed by atoms with Gasteiger partial charge in [0.2, 0.25) is 0 Å². The first-order chi connectivity index (χ1) is 7.95. The van der Waals surface area contributed by atoms with Crippen molar-refractivity contribution in [3.63, 3.8) is 0 Å². The zero-order chi connectivity index (χ0) is 13.0. The molecule has 6 nitrogen and oxygen atoms in total. The van der Waals surface area contributed by atoms with Crippen LogP contribution in [0.3, 0.4) is 0 Å². The Morgan fingerprint density at radius 1 is 1.47 bits per heavy atom. The Morgan fingerprint density at radius 3 is 2.71 bits per heavy atom. The average Bonchev–Trinajstić information content (AvgIpc) is 2.30. The molecule has 6 heteroatoms. The summed E-state index contributed by atoms with van der Waals surface area (Å²) in [5.41, 5.74) is 5.92. The summed E-state index contributed by atoms with van der Waals surface area (Å²) in [5, 5.41) is 11.7. The topological polar surface area (TPSA) is 102 Å². The number of phenolic OH excluding ortho intramolecular Hbond substituents is 1. The fourth-order valence-corrected chi connectivity index (χ4v) is 1.25. The number of anilines is 1. The summed E-state index contributed by atoms with van der Waals surface area (Å²) >= 11 is 0. The molecule has 0 aliphatic rings. The second-order valence-corrected chi connectivity index (χ2v) is 3.49. The van der Waals surface area contributed by atoms with Gasteiger partial charge >= 0.3 is 5.97 Å². The number of amides is 1. The standard InChI is InChI=1S/C11H14N2O4/c1-6(11(16)17-2)13-10(15)8-5-7(14)3-4-9(8)12/h3-6,14H,12H2,1-2H3,(H,13,15). The predicted octanol–water partition coefficient (Wildman–Crippen LogP) is 0.266. The molecule has 1 aromatic rings. The highest BCUT2D eigenvalue weighted by Crippen LogP contribution is 2.18. The van der Waals surface area contributed by atoms with E-state index >= 15 is 0 Å². The molecule has 17 heavy (non-hydrogen) atoms. The molecular formula is C11H14N2O4. The minimum atomic E-state index is -0.783. The van der Waals surface area contributed by atoms with Crippen LogP contribution in [0.4, 0.5) is 5.69 Å². The molecule has 0 heterocycles. The van der Waals surface area contributed by atoms with Crippen LogP contribution in [0.1, 0.15) is 17.3 Å². The van der Waals surface area contributed by atoms with Gasteiger partial charge in [0.1, 0.15) is 11.8 Å². The minimum absolute atomic E-state index is 0.0740. The van der Waals surface area contributed by atoms with E-state index < -0.39 is 17.9 Å². The first-order valence-electron chi connectivity index (χ1n) is 4.93. The normalized spacial score (nSPS) is 11.6. The van der Waals surface area contributed by atoms with Crippen molar-refractivity contribution in [2.45, 2.75) is 13.0 Å². The molecule has 0 aliphatic carbocycles. The maximum atomic E-state index is 11.7. The Bertz CT molecular complexity index is 445. The van der Waals surface area contributed by atoms with Gasteiger partial charge < -0.3 is 20.9 Å². The summed E-state index contributed by atoms with van der Waals surface area (Å²) in [6.45, 7) is 1.49. The van der Waals surface area contributed by atoms with Gasteiger partial charge in [-0.2, -0.15) is 0 Å². The number of carbonyl (C=O) groups is 2. The van der Waals surface area contributed by atoms with Gasteiger partial charge in [-0.05, 0) is 25.1 Å². The Hall–Kier alpha value is -2.24. The number of carbonyl (C=O) groups excluding carboxylic acids is 2. The van der Waals surface area contributed by atoms with E-state index in [1.165, 1.54) is 32.2 Å². The third kappa shape index (κ3) is 3.10. The molecule has 0 saturated heterocycles. The number of hydrogen-bond donors (Lipinski definition) is 3. The van der Waals surface area contributed by atoms with Crippen LogP contribution in [-0.4, -0.2) is 30.1 Å². The number of nitrogens with two attached hydrogens (primary N) is 1. The Labute approximate surface area is 98.4 Å². The first kappa shape index (κ1) is 12.8. The fourth-order valence-electron chi connectivity index (χ4n) is 1.25. The van der Waals surface area contributed by atoms with Gasteiger partial charge in [-0.1, -0.05) is 0 Å². The van der Waals surface area contributed by atoms with Gasteiger partial charge in [0.15, 0.2) is 0 Å². The van der Waals surface area contributed by atoms with E-state index in [4.69, 9.17) is 5.73 Å². The molecule has 1 amide bonds. The molecule has 1 atom stereocenters. The second kappa shape index (κ2) is 5.20. The third-order valence-corrected chi connectivity index (χ3v) is 2.18. The van der Waals surface area contributed by atoms with Crippen molar-refractivity contribution in [2.24, 2.45) is 0 Å². The number of nitrogen functional groups attached to an aromatic ring is 1. The Morgan fingerprint density at radius 2 is 2.12 bits per heavy atom. The van der Waals surface area contributed by atoms with Crippen LogP contribution in [0.25, 0.3) is 0 Å². The number of methoxy groups -OCH3 is 1. The van der Waals surface area contributed by atoms with Crippen molar-refractivity contribution in [2.75, 3.05) is 12.8 Å². The molecular weight excluding hydrogens is 224 g/mol. The van der Waals surface area contributed by atoms with Crippen LogP contribution < -0.4 is 11.1 Å². The quantitative estimate of drug-likeness (QED) is 0.398. The lowest BCUT2D eigenvalue weighted by Crippen LogP contribution is -2.39. The first-order valence-corrected chi connectivity index (χ1v) is 4.93. The van der Waals surface area contributed by atoms with Crippen LogP contribution in [0.5, 0.6) is 5.75 Å². The monoisotopic (exact) mass is 238 g/mol. The highest BCUT2D eigenvalue weighted by atomic mass is 16.5. The van der Waals surface area contributed by atoms with Gasteiger partial charge in [0.25, 0.3) is 5.91 Å². The third-order valence-electron chi connectivity index (χ3n) is 2.18. The lowest BCUT2D eigenvalue weighted by Gasteiger charge is -2.12. The summed E-state index contributed by atoms with van der Waals surface area (Å²) in [7, 11) is 1.23. The van der Waals surface area contributed by atoms with E-state index in [-0.39, 0.29) is 17.0 Å². The summed E-state index contributed by atoms with van der Waals surface area (Å²) in [5.74, 6) is -1.18. The molecule has 1 rings (SSSR count). The van der Waals surface area contributed by atoms with Crippen LogP contribution in [-0.2, 0) is 9.53 Å². The molecule has 0 aliphatic heterocycles. The van der Waals surface area contributed by atoms with Gasteiger partial charge in [0.05, 0.1) is 12.7 Å². The van der Waals surface area contributed by atoms with Crippen molar-refractivity contribution < 1.29 is 19.4 Å². The van der Waals surface area contributed by atoms with Crippen molar-refractivity contribution in [3.8, 4) is 5.75 Å². The molecule has 0 spiro atoms. The number of rotatable bonds is 3. The molecule has 0 fully saturated rings. The fraction of sp³-hybridized carbons (Fsp3) is 0.273. The highest BCUT2D eigenvalue weighted by Gasteiger charge is 2.18. The largest absolute Gasteiger partial charge is 0.508 e. The Balaban J connectivity index is 2.83. The van der Waals surface area contributed by atoms with Crippen LogP contribution in [0, 0.1) is 0 Å². The van der Waals surface area contributed by atoms with Crippen LogP contribution >= 0.6 is 0 Å². The molecule has 0 radical (unpaired) electrons. The Kier molecular flexibility index (Phi) is 3.92. The summed E-state index contributed by atoms with van der Waals surface area (Å²) in [4.78, 5) is 22.9. The lowest BCUT2D eigenvalue weighted by atomic mass is 10.1. The maximum absolute atomic E-state index is 11.7. The number of ether oxygens (including phenoxy) is 1. The number of hydrogen-bond acceptors (Lipinski definition) is 5. The van der Waals surface area contributed by atoms with E-state index in [0.717, 1.165) is 0 Å². The number of nitrogens with one attached hydrogen (secondary N) is 1. The molecule has 1 aromatic carbocycles. The predicted molar refractivity (Wildman–Crippen MR) is 61.5 cm³/mol. The second-order valence-electron chi connectivity index (χ2n) is 3.49. The van der Waals surface area contributed by atoms with Crippen molar-refractivity contribution >= 4 is 17.6 Å². The zero-order valence-corrected chi connectivity index (χ0v) is 9.56. The molecule has 0 saturated carbocycles. The van der Waals surface area contributed by atoms with E-state index in [2.05, 4.69) is 10.1 Å². The van der Waals surface area contributed by atoms with Crippen molar-refractivity contribution in [1.29, 1.82) is 0 Å². The SMILES string of the molecule is COC(=O)C(C)NC(=O)c1cc(O)ccc1N. The van der Waals surface area contributed by atoms with Gasteiger partial charge in [0, 0.05) is 5.69 Å². The summed E-state index contributed by atoms with van der Waals surface area (Å²) in [6.07, 6.45) is 0. The van der Waals surface area contributed by atoms with Gasteiger partial charge in [-0.25, -0.2) is 4.79 Å².